The van der Waals surface area contributed by atoms with E-state index in [1.54, 1.807) is 0 Å². The van der Waals surface area contributed by atoms with Crippen LogP contribution in [0.5, 0.6) is 0 Å². The molecule has 0 atom stereocenters. The Labute approximate surface area is 128 Å². The Morgan fingerprint density at radius 1 is 1.33 bits per heavy atom. The normalized spacial score (nSPS) is 10.6. The summed E-state index contributed by atoms with van der Waals surface area (Å²) in [6, 6.07) is 5.93. The fraction of sp³-hybridized carbons (Fsp3) is 0.562. The van der Waals surface area contributed by atoms with Crippen molar-refractivity contribution in [3.05, 3.63) is 23.8 Å². The molecule has 0 unspecified atom stereocenters. The van der Waals surface area contributed by atoms with E-state index in [0.717, 1.165) is 29.9 Å². The first-order valence-corrected chi connectivity index (χ1v) is 7.46. The maximum Gasteiger partial charge on any atom is 0.317 e. The van der Waals surface area contributed by atoms with E-state index >= 15 is 0 Å². The molecule has 0 spiro atoms. The van der Waals surface area contributed by atoms with E-state index in [1.807, 2.05) is 55.9 Å². The van der Waals surface area contributed by atoms with Gasteiger partial charge < -0.3 is 20.9 Å². The minimum atomic E-state index is -0.0287. The number of anilines is 2. The van der Waals surface area contributed by atoms with Crippen LogP contribution in [0.3, 0.4) is 0 Å². The first-order chi connectivity index (χ1) is 9.85. The minimum absolute atomic E-state index is 0.0287. The molecule has 0 aliphatic heterocycles. The van der Waals surface area contributed by atoms with E-state index in [4.69, 9.17) is 5.73 Å². The second-order valence-electron chi connectivity index (χ2n) is 5.81. The van der Waals surface area contributed by atoms with Crippen molar-refractivity contribution in [1.29, 1.82) is 0 Å². The Morgan fingerprint density at radius 3 is 2.52 bits per heavy atom. The van der Waals surface area contributed by atoms with Gasteiger partial charge in [0.1, 0.15) is 0 Å². The van der Waals surface area contributed by atoms with Gasteiger partial charge in [0.2, 0.25) is 0 Å². The van der Waals surface area contributed by atoms with Gasteiger partial charge in [0, 0.05) is 44.6 Å². The molecule has 0 aromatic heterocycles. The number of hydrogen-bond donors (Lipinski definition) is 2. The number of nitrogens with zero attached hydrogens (tertiary/aromatic N) is 2. The summed E-state index contributed by atoms with van der Waals surface area (Å²) in [4.78, 5) is 16.2. The predicted molar refractivity (Wildman–Crippen MR) is 89.6 cm³/mol. The van der Waals surface area contributed by atoms with E-state index in [0.29, 0.717) is 6.54 Å². The van der Waals surface area contributed by atoms with Gasteiger partial charge in [-0.3, -0.25) is 0 Å². The van der Waals surface area contributed by atoms with Crippen LogP contribution in [-0.2, 0) is 6.54 Å². The monoisotopic (exact) mass is 292 g/mol. The van der Waals surface area contributed by atoms with Crippen LogP contribution in [0.15, 0.2) is 18.2 Å². The first-order valence-electron chi connectivity index (χ1n) is 7.46. The van der Waals surface area contributed by atoms with E-state index in [-0.39, 0.29) is 12.1 Å². The molecule has 0 saturated carbocycles. The van der Waals surface area contributed by atoms with Crippen LogP contribution in [0.4, 0.5) is 16.2 Å². The number of carbonyl (C=O) groups excluding carboxylic acids is 1. The fourth-order valence-electron chi connectivity index (χ4n) is 2.23. The van der Waals surface area contributed by atoms with Crippen molar-refractivity contribution in [3.8, 4) is 0 Å². The number of carbonyl (C=O) groups is 1. The molecule has 118 valence electrons. The van der Waals surface area contributed by atoms with Crippen LogP contribution in [0.25, 0.3) is 0 Å². The molecule has 0 radical (unpaired) electrons. The highest BCUT2D eigenvalue weighted by Crippen LogP contribution is 2.23. The van der Waals surface area contributed by atoms with Gasteiger partial charge in [0.25, 0.3) is 0 Å². The van der Waals surface area contributed by atoms with E-state index < -0.39 is 0 Å². The van der Waals surface area contributed by atoms with Gasteiger partial charge in [-0.1, -0.05) is 6.92 Å². The average Bonchev–Trinajstić information content (AvgIpc) is 2.37. The smallest absolute Gasteiger partial charge is 0.317 e. The summed E-state index contributed by atoms with van der Waals surface area (Å²) in [6.45, 7) is 7.29. The minimum Gasteiger partial charge on any atom is -0.399 e. The van der Waals surface area contributed by atoms with Crippen molar-refractivity contribution >= 4 is 17.4 Å². The Kier molecular flexibility index (Phi) is 6.34. The van der Waals surface area contributed by atoms with Gasteiger partial charge in [0.15, 0.2) is 0 Å². The molecule has 5 heteroatoms. The molecule has 5 nitrogen and oxygen atoms in total. The average molecular weight is 292 g/mol. The van der Waals surface area contributed by atoms with Gasteiger partial charge in [-0.2, -0.15) is 0 Å². The number of nitrogen functional groups attached to an aromatic ring is 1. The van der Waals surface area contributed by atoms with Crippen molar-refractivity contribution in [2.24, 2.45) is 0 Å². The summed E-state index contributed by atoms with van der Waals surface area (Å²) in [7, 11) is 3.99. The van der Waals surface area contributed by atoms with E-state index in [2.05, 4.69) is 12.2 Å². The highest BCUT2D eigenvalue weighted by atomic mass is 16.2. The molecule has 0 saturated heterocycles. The summed E-state index contributed by atoms with van der Waals surface area (Å²) in [6.07, 6.45) is 0.922. The molecule has 1 rings (SSSR count). The van der Waals surface area contributed by atoms with Crippen molar-refractivity contribution in [3.63, 3.8) is 0 Å². The lowest BCUT2D eigenvalue weighted by Gasteiger charge is -2.26. The third-order valence-corrected chi connectivity index (χ3v) is 3.14. The zero-order chi connectivity index (χ0) is 16.0. The third kappa shape index (κ3) is 5.17. The predicted octanol–water partition coefficient (Wildman–Crippen LogP) is 2.66. The van der Waals surface area contributed by atoms with Crippen molar-refractivity contribution < 1.29 is 4.79 Å². The Hall–Kier alpha value is -1.91. The maximum absolute atomic E-state index is 12.3. The van der Waals surface area contributed by atoms with Crippen LogP contribution in [0.1, 0.15) is 32.8 Å². The number of benzene rings is 1. The Bertz CT molecular complexity index is 471. The molecular formula is C16H28N4O. The maximum atomic E-state index is 12.3. The lowest BCUT2D eigenvalue weighted by molar-refractivity contribution is 0.192. The Balaban J connectivity index is 2.97. The molecule has 0 aliphatic rings. The molecule has 1 aromatic rings. The molecule has 0 heterocycles. The summed E-state index contributed by atoms with van der Waals surface area (Å²) >= 11 is 0. The van der Waals surface area contributed by atoms with Crippen molar-refractivity contribution in [2.75, 3.05) is 31.3 Å². The molecule has 1 aromatic carbocycles. The standard InChI is InChI=1S/C16H28N4O/c1-6-9-20(16(21)18-12(2)3)11-13-10-14(17)7-8-15(13)19(4)5/h7-8,10,12H,6,9,11,17H2,1-5H3,(H,18,21). The highest BCUT2D eigenvalue weighted by molar-refractivity contribution is 5.75. The number of rotatable bonds is 6. The van der Waals surface area contributed by atoms with Gasteiger partial charge in [0.05, 0.1) is 0 Å². The van der Waals surface area contributed by atoms with Gasteiger partial charge >= 0.3 is 6.03 Å². The van der Waals surface area contributed by atoms with Crippen molar-refractivity contribution in [1.82, 2.24) is 10.2 Å². The van der Waals surface area contributed by atoms with Gasteiger partial charge in [-0.15, -0.1) is 0 Å². The second-order valence-corrected chi connectivity index (χ2v) is 5.81. The van der Waals surface area contributed by atoms with Crippen LogP contribution < -0.4 is 16.0 Å². The quantitative estimate of drug-likeness (QED) is 0.792. The topological polar surface area (TPSA) is 61.6 Å². The number of nitrogens with one attached hydrogen (secondary N) is 1. The SMILES string of the molecule is CCCN(Cc1cc(N)ccc1N(C)C)C(=O)NC(C)C. The number of nitrogens with two attached hydrogens (primary N) is 1. The largest absolute Gasteiger partial charge is 0.399 e. The summed E-state index contributed by atoms with van der Waals surface area (Å²) in [5.74, 6) is 0. The van der Waals surface area contributed by atoms with Crippen molar-refractivity contribution in [2.45, 2.75) is 39.8 Å². The summed E-state index contributed by atoms with van der Waals surface area (Å²) in [5.41, 5.74) is 8.76. The van der Waals surface area contributed by atoms with Gasteiger partial charge in [-0.25, -0.2) is 4.79 Å². The zero-order valence-corrected chi connectivity index (χ0v) is 13.8. The lowest BCUT2D eigenvalue weighted by Crippen LogP contribution is -2.43. The molecular weight excluding hydrogens is 264 g/mol. The molecule has 3 N–H and O–H groups in total. The summed E-state index contributed by atoms with van der Waals surface area (Å²) < 4.78 is 0. The Morgan fingerprint density at radius 2 is 2.00 bits per heavy atom. The molecule has 2 amide bonds. The van der Waals surface area contributed by atoms with E-state index in [1.165, 1.54) is 0 Å². The summed E-state index contributed by atoms with van der Waals surface area (Å²) in [5, 5.41) is 2.95. The highest BCUT2D eigenvalue weighted by Gasteiger charge is 2.16. The van der Waals surface area contributed by atoms with Gasteiger partial charge in [-0.05, 0) is 44.0 Å². The fourth-order valence-corrected chi connectivity index (χ4v) is 2.23. The van der Waals surface area contributed by atoms with E-state index in [9.17, 15) is 4.79 Å². The lowest BCUT2D eigenvalue weighted by atomic mass is 10.1. The number of urea groups is 1. The van der Waals surface area contributed by atoms with Crippen LogP contribution >= 0.6 is 0 Å². The number of hydrogen-bond acceptors (Lipinski definition) is 3. The van der Waals surface area contributed by atoms with Crippen LogP contribution in [0.2, 0.25) is 0 Å². The number of amides is 2. The van der Waals surface area contributed by atoms with Crippen LogP contribution in [-0.4, -0.2) is 37.6 Å². The second kappa shape index (κ2) is 7.76. The molecule has 0 aliphatic carbocycles. The van der Waals surface area contributed by atoms with Crippen LogP contribution in [0, 0.1) is 0 Å². The molecule has 0 fully saturated rings. The zero-order valence-electron chi connectivity index (χ0n) is 13.8. The molecule has 0 bridgehead atoms. The first kappa shape index (κ1) is 17.1. The molecule has 21 heavy (non-hydrogen) atoms. The third-order valence-electron chi connectivity index (χ3n) is 3.14.